The maximum atomic E-state index is 9.70. The number of aliphatic hydroxyl groups is 4. The van der Waals surface area contributed by atoms with Gasteiger partial charge in [-0.05, 0) is 69.5 Å². The van der Waals surface area contributed by atoms with Crippen molar-refractivity contribution in [2.45, 2.75) is 0 Å². The molecule has 0 amide bonds. The Labute approximate surface area is 306 Å². The molecule has 0 aliphatic heterocycles. The van der Waals surface area contributed by atoms with E-state index >= 15 is 0 Å². The first kappa shape index (κ1) is 69.2. The summed E-state index contributed by atoms with van der Waals surface area (Å²) in [5, 5.41) is 52.2. The minimum atomic E-state index is 0. The Morgan fingerprint density at radius 1 is 0.450 bits per heavy atom. The van der Waals surface area contributed by atoms with Crippen molar-refractivity contribution < 1.29 is 78.2 Å². The molecular formula is C24H68Li2N6O6Sn2+2. The molecule has 0 aliphatic rings. The molecule has 238 valence electrons. The van der Waals surface area contributed by atoms with Gasteiger partial charge in [-0.2, -0.15) is 0 Å². The third-order valence-corrected chi connectivity index (χ3v) is 3.40. The number of quaternary nitrogens is 2. The molecular weight excluding hydrogens is 720 g/mol. The predicted octanol–water partition coefficient (Wildman–Crippen LogP) is -14.1. The number of hydrogen-bond donors (Lipinski definition) is 6. The Kier molecular flexibility index (Phi) is 111. The fourth-order valence-corrected chi connectivity index (χ4v) is 1.21. The van der Waals surface area contributed by atoms with Gasteiger partial charge >= 0.3 is 85.5 Å². The quantitative estimate of drug-likeness (QED) is 0.106. The van der Waals surface area contributed by atoms with Gasteiger partial charge in [0.15, 0.2) is 0 Å². The molecule has 0 saturated heterocycles. The summed E-state index contributed by atoms with van der Waals surface area (Å²) in [6.45, 7) is 5.64. The molecule has 0 bridgehead atoms. The van der Waals surface area contributed by atoms with Gasteiger partial charge in [-0.1, -0.05) is 0 Å². The molecule has 0 heterocycles. The first-order valence-electron chi connectivity index (χ1n) is 12.4. The molecule has 0 aromatic heterocycles. The van der Waals surface area contributed by atoms with Crippen molar-refractivity contribution >= 4 is 47.8 Å². The molecule has 0 aromatic carbocycles. The van der Waals surface area contributed by atoms with Gasteiger partial charge in [-0.25, -0.2) is 0 Å². The fourth-order valence-electron chi connectivity index (χ4n) is 1.21. The molecule has 0 fully saturated rings. The summed E-state index contributed by atoms with van der Waals surface area (Å²) in [5.41, 5.74) is 0. The molecule has 0 aromatic rings. The molecule has 0 rings (SSSR count). The molecule has 0 atom stereocenters. The van der Waals surface area contributed by atoms with Crippen molar-refractivity contribution in [1.82, 2.24) is 19.6 Å². The average molecular weight is 788 g/mol. The summed E-state index contributed by atoms with van der Waals surface area (Å²) >= 11 is 0. The van der Waals surface area contributed by atoms with E-state index in [-0.39, 0.29) is 112 Å². The van der Waals surface area contributed by atoms with Gasteiger partial charge in [0.25, 0.3) is 0 Å². The Morgan fingerprint density at radius 2 is 0.650 bits per heavy atom. The van der Waals surface area contributed by atoms with Gasteiger partial charge in [0.05, 0.1) is 54.6 Å². The molecule has 0 aliphatic carbocycles. The van der Waals surface area contributed by atoms with Crippen LogP contribution in [0.5, 0.6) is 0 Å². The van der Waals surface area contributed by atoms with Crippen molar-refractivity contribution in [3.05, 3.63) is 0 Å². The normalized spacial score (nSPS) is 9.00. The van der Waals surface area contributed by atoms with Crippen LogP contribution < -0.4 is 57.7 Å². The van der Waals surface area contributed by atoms with Crippen molar-refractivity contribution in [1.29, 1.82) is 0 Å². The standard InChI is InChI=1S/4C4H11NO.2C4H10NO.2Li.2Sn.2H/c6*1-5(2)3-4-6;;;;;;/h4*6H,3-4H2,1-2H3;2*3-4H2,1-2H3;;;;;;/q;;;;2*-1;2*+1;;;;/p+2. The van der Waals surface area contributed by atoms with E-state index in [0.717, 1.165) is 26.2 Å². The van der Waals surface area contributed by atoms with Crippen molar-refractivity contribution in [3.63, 3.8) is 0 Å². The van der Waals surface area contributed by atoms with E-state index in [1.165, 1.54) is 9.80 Å². The van der Waals surface area contributed by atoms with E-state index in [0.29, 0.717) is 26.3 Å². The van der Waals surface area contributed by atoms with Crippen LogP contribution in [-0.2, 0) is 0 Å². The van der Waals surface area contributed by atoms with Crippen molar-refractivity contribution in [2.24, 2.45) is 0 Å². The zero-order chi connectivity index (χ0) is 29.9. The summed E-state index contributed by atoms with van der Waals surface area (Å²) in [4.78, 5) is 10.2. The molecule has 0 saturated carbocycles. The molecule has 0 spiro atoms. The molecule has 16 heteroatoms. The number of aliphatic hydroxyl groups excluding tert-OH is 4. The van der Waals surface area contributed by atoms with Gasteiger partial charge in [0.2, 0.25) is 0 Å². The number of nitrogens with zero attached hydrogens (tertiary/aromatic N) is 4. The van der Waals surface area contributed by atoms with Crippen LogP contribution in [0.25, 0.3) is 0 Å². The monoisotopic (exact) mass is 790 g/mol. The van der Waals surface area contributed by atoms with Crippen LogP contribution in [0, 0.1) is 0 Å². The van der Waals surface area contributed by atoms with E-state index in [1.54, 1.807) is 0 Å². The Balaban J connectivity index is -0.0000000331. The second kappa shape index (κ2) is 64.3. The molecule has 0 unspecified atom stereocenters. The van der Waals surface area contributed by atoms with Crippen LogP contribution >= 0.6 is 0 Å². The van der Waals surface area contributed by atoms with E-state index < -0.39 is 0 Å². The summed E-state index contributed by atoms with van der Waals surface area (Å²) in [6, 6.07) is 0. The number of hydrogen-bond acceptors (Lipinski definition) is 10. The molecule has 12 nitrogen and oxygen atoms in total. The Hall–Kier alpha value is 2.31. The van der Waals surface area contributed by atoms with Crippen LogP contribution in [0.3, 0.4) is 0 Å². The summed E-state index contributed by atoms with van der Waals surface area (Å²) in [7, 11) is 23.3. The van der Waals surface area contributed by atoms with Gasteiger partial charge in [0.1, 0.15) is 13.1 Å². The van der Waals surface area contributed by atoms with E-state index in [9.17, 15) is 10.2 Å². The van der Waals surface area contributed by atoms with Gasteiger partial charge in [-0.3, -0.25) is 0 Å². The number of likely N-dealkylation sites (N-methyl/N-ethyl adjacent to an activating group) is 6. The van der Waals surface area contributed by atoms with E-state index in [1.807, 2.05) is 104 Å². The van der Waals surface area contributed by atoms with Crippen LogP contribution in [-0.4, -0.2) is 251 Å². The van der Waals surface area contributed by atoms with Crippen molar-refractivity contribution in [3.8, 4) is 0 Å². The summed E-state index contributed by atoms with van der Waals surface area (Å²) in [6.07, 6.45) is 0. The first-order chi connectivity index (χ1) is 16.6. The Bertz CT molecular complexity index is 273. The second-order valence-corrected chi connectivity index (χ2v) is 9.43. The van der Waals surface area contributed by atoms with Crippen LogP contribution in [0.4, 0.5) is 0 Å². The SMILES string of the molecule is CN(C)CCO.CN(C)CCO.CN(C)CC[O-].CN(C)CC[O-].C[NH+](C)CCO.C[NH+](C)CCO.[Li+].[Li+].[SnH].[SnH]. The third-order valence-electron chi connectivity index (χ3n) is 3.40. The first-order valence-corrected chi connectivity index (χ1v) is 12.4. The van der Waals surface area contributed by atoms with Crippen LogP contribution in [0.2, 0.25) is 0 Å². The molecule has 40 heavy (non-hydrogen) atoms. The molecule has 6 N–H and O–H groups in total. The zero-order valence-electron chi connectivity index (χ0n) is 29.0. The maximum absolute atomic E-state index is 9.70. The second-order valence-electron chi connectivity index (χ2n) is 9.43. The summed E-state index contributed by atoms with van der Waals surface area (Å²) in [5.74, 6) is 0. The van der Waals surface area contributed by atoms with Gasteiger partial charge in [0, 0.05) is 13.1 Å². The summed E-state index contributed by atoms with van der Waals surface area (Å²) < 4.78 is 0. The predicted molar refractivity (Wildman–Crippen MR) is 162 cm³/mol. The molecule has 6 radical (unpaired) electrons. The minimum absolute atomic E-state index is 0. The average Bonchev–Trinajstić information content (AvgIpc) is 2.69. The van der Waals surface area contributed by atoms with E-state index in [2.05, 4.69) is 0 Å². The topological polar surface area (TPSA) is 149 Å². The van der Waals surface area contributed by atoms with E-state index in [4.69, 9.17) is 20.4 Å². The number of rotatable bonds is 12. The van der Waals surface area contributed by atoms with Crippen LogP contribution in [0.15, 0.2) is 0 Å². The van der Waals surface area contributed by atoms with Crippen molar-refractivity contribution in [2.75, 3.05) is 163 Å². The fraction of sp³-hybridized carbons (Fsp3) is 1.00. The zero-order valence-corrected chi connectivity index (χ0v) is 35.6. The van der Waals surface area contributed by atoms with Gasteiger partial charge in [-0.15, -0.1) is 13.2 Å². The Morgan fingerprint density at radius 3 is 0.650 bits per heavy atom. The third kappa shape index (κ3) is 151. The van der Waals surface area contributed by atoms with Crippen LogP contribution in [0.1, 0.15) is 0 Å². The van der Waals surface area contributed by atoms with Gasteiger partial charge < -0.3 is 60.0 Å². The number of nitrogens with one attached hydrogen (secondary N) is 2.